The number of methoxy groups -OCH3 is 1. The maximum atomic E-state index is 12.5. The first-order valence-corrected chi connectivity index (χ1v) is 11.5. The molecule has 2 aliphatic rings. The molecule has 1 fully saturated rings. The third-order valence-corrected chi connectivity index (χ3v) is 5.72. The standard InChI is InChI=1S/C24H23N3O4.C2HF3O2/c1-31-24(30)19-9-8-18(26-17-10-12-25-13-11-17)15-16(19)5-4-14-27-22(28)20-6-2-3-7-21(20)23(27)29;3-2(4,5)1(6)7/h2-3,6-9,15,17,25-26H,10-14H2,1H3;(H,6,7). The molecule has 2 aliphatic heterocycles. The van der Waals surface area contributed by atoms with Gasteiger partial charge in [0.15, 0.2) is 0 Å². The summed E-state index contributed by atoms with van der Waals surface area (Å²) in [5.41, 5.74) is 2.47. The molecule has 4 rings (SSSR count). The zero-order valence-electron chi connectivity index (χ0n) is 20.2. The van der Waals surface area contributed by atoms with Gasteiger partial charge < -0.3 is 20.5 Å². The minimum atomic E-state index is -5.08. The number of benzene rings is 2. The van der Waals surface area contributed by atoms with Crippen LogP contribution in [0.3, 0.4) is 0 Å². The number of amides is 2. The number of rotatable bonds is 4. The number of fused-ring (bicyclic) bond motifs is 1. The van der Waals surface area contributed by atoms with Gasteiger partial charge in [0.25, 0.3) is 11.8 Å². The molecule has 0 atom stereocenters. The van der Waals surface area contributed by atoms with Gasteiger partial charge in [0, 0.05) is 17.3 Å². The Labute approximate surface area is 216 Å². The number of piperidine rings is 1. The van der Waals surface area contributed by atoms with Crippen LogP contribution in [0.4, 0.5) is 18.9 Å². The molecular formula is C26H24F3N3O6. The maximum Gasteiger partial charge on any atom is 0.490 e. The topological polar surface area (TPSA) is 125 Å². The van der Waals surface area contributed by atoms with E-state index in [0.717, 1.165) is 36.5 Å². The van der Waals surface area contributed by atoms with E-state index in [0.29, 0.717) is 28.3 Å². The lowest BCUT2D eigenvalue weighted by atomic mass is 10.0. The van der Waals surface area contributed by atoms with Gasteiger partial charge in [-0.3, -0.25) is 14.5 Å². The van der Waals surface area contributed by atoms with Crippen LogP contribution in [0.5, 0.6) is 0 Å². The largest absolute Gasteiger partial charge is 0.490 e. The molecule has 2 aromatic carbocycles. The van der Waals surface area contributed by atoms with Gasteiger partial charge in [-0.25, -0.2) is 9.59 Å². The van der Waals surface area contributed by atoms with Crippen molar-refractivity contribution in [1.82, 2.24) is 10.2 Å². The lowest BCUT2D eigenvalue weighted by Crippen LogP contribution is -2.35. The van der Waals surface area contributed by atoms with Gasteiger partial charge in [-0.2, -0.15) is 13.2 Å². The normalized spacial score (nSPS) is 15.0. The van der Waals surface area contributed by atoms with Crippen molar-refractivity contribution >= 4 is 29.4 Å². The van der Waals surface area contributed by atoms with Crippen molar-refractivity contribution in [3.63, 3.8) is 0 Å². The summed E-state index contributed by atoms with van der Waals surface area (Å²) in [6.45, 7) is 1.87. The molecule has 0 bridgehead atoms. The van der Waals surface area contributed by atoms with Crippen LogP contribution >= 0.6 is 0 Å². The van der Waals surface area contributed by atoms with E-state index < -0.39 is 18.1 Å². The van der Waals surface area contributed by atoms with Gasteiger partial charge in [0.1, 0.15) is 0 Å². The third kappa shape index (κ3) is 6.89. The minimum Gasteiger partial charge on any atom is -0.475 e. The molecule has 0 aromatic heterocycles. The van der Waals surface area contributed by atoms with Crippen LogP contribution in [0.1, 0.15) is 49.5 Å². The molecule has 0 saturated carbocycles. The number of aliphatic carboxylic acids is 1. The van der Waals surface area contributed by atoms with Gasteiger partial charge in [0.2, 0.25) is 0 Å². The highest BCUT2D eigenvalue weighted by atomic mass is 19.4. The Morgan fingerprint density at radius 1 is 1.11 bits per heavy atom. The number of carbonyl (C=O) groups excluding carboxylic acids is 3. The molecule has 12 heteroatoms. The number of hydrogen-bond donors (Lipinski definition) is 3. The Morgan fingerprint density at radius 3 is 2.21 bits per heavy atom. The summed E-state index contributed by atoms with van der Waals surface area (Å²) >= 11 is 0. The summed E-state index contributed by atoms with van der Waals surface area (Å²) in [7, 11) is 1.32. The van der Waals surface area contributed by atoms with Gasteiger partial charge >= 0.3 is 18.1 Å². The smallest absolute Gasteiger partial charge is 0.475 e. The minimum absolute atomic E-state index is 0.0566. The van der Waals surface area contributed by atoms with Crippen molar-refractivity contribution in [3.05, 3.63) is 64.7 Å². The molecule has 1 saturated heterocycles. The molecule has 0 spiro atoms. The average Bonchev–Trinajstić information content (AvgIpc) is 3.14. The Bertz CT molecular complexity index is 1260. The Balaban J connectivity index is 0.000000505. The molecule has 9 nitrogen and oxygen atoms in total. The predicted molar refractivity (Wildman–Crippen MR) is 130 cm³/mol. The fraction of sp³-hybridized carbons (Fsp3) is 0.308. The molecule has 0 unspecified atom stereocenters. The van der Waals surface area contributed by atoms with Crippen LogP contribution in [0, 0.1) is 11.8 Å². The summed E-state index contributed by atoms with van der Waals surface area (Å²) in [6, 6.07) is 12.4. The molecule has 38 heavy (non-hydrogen) atoms. The van der Waals surface area contributed by atoms with Crippen LogP contribution in [0.2, 0.25) is 0 Å². The van der Waals surface area contributed by atoms with Crippen molar-refractivity contribution in [2.75, 3.05) is 32.1 Å². The van der Waals surface area contributed by atoms with E-state index in [1.165, 1.54) is 7.11 Å². The summed E-state index contributed by atoms with van der Waals surface area (Å²) in [6.07, 6.45) is -3.06. The average molecular weight is 531 g/mol. The molecule has 2 amide bonds. The highest BCUT2D eigenvalue weighted by Gasteiger charge is 2.38. The van der Waals surface area contributed by atoms with Crippen molar-refractivity contribution in [2.45, 2.75) is 25.1 Å². The Hall–Kier alpha value is -4.37. The van der Waals surface area contributed by atoms with Crippen molar-refractivity contribution in [1.29, 1.82) is 0 Å². The third-order valence-electron chi connectivity index (χ3n) is 5.72. The molecule has 0 radical (unpaired) electrons. The SMILES string of the molecule is COC(=O)c1ccc(NC2CCNCC2)cc1C#CCN1C(=O)c2ccccc2C1=O.O=C(O)C(F)(F)F. The van der Waals surface area contributed by atoms with E-state index in [1.807, 2.05) is 12.1 Å². The fourth-order valence-electron chi connectivity index (χ4n) is 3.82. The number of hydrogen-bond acceptors (Lipinski definition) is 7. The van der Waals surface area contributed by atoms with E-state index in [9.17, 15) is 27.6 Å². The zero-order chi connectivity index (χ0) is 27.9. The van der Waals surface area contributed by atoms with Gasteiger partial charge in [-0.15, -0.1) is 0 Å². The summed E-state index contributed by atoms with van der Waals surface area (Å²) in [5, 5.41) is 13.9. The molecule has 3 N–H and O–H groups in total. The fourth-order valence-corrected chi connectivity index (χ4v) is 3.82. The number of anilines is 1. The van der Waals surface area contributed by atoms with Gasteiger partial charge in [0.05, 0.1) is 30.3 Å². The second kappa shape index (κ2) is 12.2. The highest BCUT2D eigenvalue weighted by molar-refractivity contribution is 6.21. The van der Waals surface area contributed by atoms with Crippen LogP contribution in [-0.4, -0.2) is 72.7 Å². The molecule has 2 aromatic rings. The van der Waals surface area contributed by atoms with E-state index in [1.54, 1.807) is 30.3 Å². The molecule has 200 valence electrons. The number of halogens is 3. The molecular weight excluding hydrogens is 507 g/mol. The molecule has 2 heterocycles. The number of nitrogens with one attached hydrogen (secondary N) is 2. The van der Waals surface area contributed by atoms with Gasteiger partial charge in [-0.05, 0) is 56.3 Å². The number of ether oxygens (including phenoxy) is 1. The zero-order valence-corrected chi connectivity index (χ0v) is 20.2. The number of alkyl halides is 3. The number of nitrogens with zero attached hydrogens (tertiary/aromatic N) is 1. The lowest BCUT2D eigenvalue weighted by Gasteiger charge is -2.25. The van der Waals surface area contributed by atoms with E-state index >= 15 is 0 Å². The van der Waals surface area contributed by atoms with E-state index in [-0.39, 0.29) is 18.4 Å². The monoisotopic (exact) mass is 531 g/mol. The Kier molecular flexibility index (Phi) is 9.09. The van der Waals surface area contributed by atoms with Crippen molar-refractivity contribution < 1.29 is 42.2 Å². The number of imide groups is 1. The number of carboxylic acids is 1. The second-order valence-electron chi connectivity index (χ2n) is 8.27. The number of carbonyl (C=O) groups is 4. The number of carboxylic acid groups (broad SMARTS) is 1. The second-order valence-corrected chi connectivity index (χ2v) is 8.27. The first-order valence-electron chi connectivity index (χ1n) is 11.5. The lowest BCUT2D eigenvalue weighted by molar-refractivity contribution is -0.192. The summed E-state index contributed by atoms with van der Waals surface area (Å²) in [4.78, 5) is 47.2. The number of esters is 1. The van der Waals surface area contributed by atoms with Crippen molar-refractivity contribution in [2.24, 2.45) is 0 Å². The van der Waals surface area contributed by atoms with E-state index in [2.05, 4.69) is 22.5 Å². The van der Waals surface area contributed by atoms with E-state index in [4.69, 9.17) is 14.6 Å². The first-order chi connectivity index (χ1) is 18.0. The summed E-state index contributed by atoms with van der Waals surface area (Å²) in [5.74, 6) is 1.87. The highest BCUT2D eigenvalue weighted by Crippen LogP contribution is 2.22. The van der Waals surface area contributed by atoms with Crippen LogP contribution in [-0.2, 0) is 9.53 Å². The van der Waals surface area contributed by atoms with Crippen LogP contribution < -0.4 is 10.6 Å². The van der Waals surface area contributed by atoms with Gasteiger partial charge in [-0.1, -0.05) is 24.0 Å². The van der Waals surface area contributed by atoms with Crippen molar-refractivity contribution in [3.8, 4) is 11.8 Å². The quantitative estimate of drug-likeness (QED) is 0.313. The van der Waals surface area contributed by atoms with Crippen LogP contribution in [0.15, 0.2) is 42.5 Å². The summed E-state index contributed by atoms with van der Waals surface area (Å²) < 4.78 is 36.6. The molecule has 0 aliphatic carbocycles. The Morgan fingerprint density at radius 2 is 1.68 bits per heavy atom. The van der Waals surface area contributed by atoms with Crippen LogP contribution in [0.25, 0.3) is 0 Å². The maximum absolute atomic E-state index is 12.5. The predicted octanol–water partition coefficient (Wildman–Crippen LogP) is 2.92. The first kappa shape index (κ1) is 28.2.